The molecule has 0 aromatic carbocycles. The van der Waals surface area contributed by atoms with Crippen molar-refractivity contribution in [2.75, 3.05) is 13.1 Å². The van der Waals surface area contributed by atoms with Crippen molar-refractivity contribution in [3.8, 4) is 0 Å². The summed E-state index contributed by atoms with van der Waals surface area (Å²) in [6.07, 6.45) is 5.71. The second-order valence-electron chi connectivity index (χ2n) is 5.42. The van der Waals surface area contributed by atoms with Crippen LogP contribution in [-0.4, -0.2) is 43.6 Å². The summed E-state index contributed by atoms with van der Waals surface area (Å²) >= 11 is 0. The Labute approximate surface area is 117 Å². The fourth-order valence-electron chi connectivity index (χ4n) is 2.72. The molecule has 0 radical (unpaired) electrons. The first-order valence-electron chi connectivity index (χ1n) is 6.94. The van der Waals surface area contributed by atoms with Crippen molar-refractivity contribution in [3.63, 3.8) is 0 Å². The number of H-pyrrole nitrogens is 1. The largest absolute Gasteiger partial charge is 0.346 e. The average Bonchev–Trinajstić information content (AvgIpc) is 3.07. The minimum Gasteiger partial charge on any atom is -0.346 e. The van der Waals surface area contributed by atoms with Crippen molar-refractivity contribution in [2.24, 2.45) is 7.05 Å². The number of piperidine rings is 1. The van der Waals surface area contributed by atoms with E-state index in [0.717, 1.165) is 30.9 Å². The molecule has 1 N–H and O–H groups in total. The number of carbonyl (C=O) groups is 1. The number of hydrogen-bond donors (Lipinski definition) is 1. The van der Waals surface area contributed by atoms with Crippen molar-refractivity contribution < 1.29 is 4.79 Å². The molecule has 1 unspecified atom stereocenters. The van der Waals surface area contributed by atoms with Gasteiger partial charge in [0.1, 0.15) is 11.5 Å². The number of likely N-dealkylation sites (tertiary alicyclic amines) is 1. The monoisotopic (exact) mass is 273 g/mol. The Bertz CT molecular complexity index is 615. The van der Waals surface area contributed by atoms with E-state index in [1.165, 1.54) is 0 Å². The predicted molar refractivity (Wildman–Crippen MR) is 74.4 cm³/mol. The number of imidazole rings is 1. The maximum atomic E-state index is 12.4. The quantitative estimate of drug-likeness (QED) is 0.901. The van der Waals surface area contributed by atoms with Gasteiger partial charge in [-0.25, -0.2) is 4.98 Å². The van der Waals surface area contributed by atoms with Crippen molar-refractivity contribution in [1.29, 1.82) is 0 Å². The third kappa shape index (κ3) is 2.45. The van der Waals surface area contributed by atoms with E-state index >= 15 is 0 Å². The molecule has 1 aliphatic rings. The summed E-state index contributed by atoms with van der Waals surface area (Å²) in [6.45, 7) is 3.50. The molecule has 0 bridgehead atoms. The highest BCUT2D eigenvalue weighted by Crippen LogP contribution is 2.25. The number of aryl methyl sites for hydroxylation is 2. The third-order valence-electron chi connectivity index (χ3n) is 3.75. The van der Waals surface area contributed by atoms with Crippen LogP contribution in [0.2, 0.25) is 0 Å². The summed E-state index contributed by atoms with van der Waals surface area (Å²) in [5.41, 5.74) is 1.58. The van der Waals surface area contributed by atoms with Gasteiger partial charge in [0.15, 0.2) is 0 Å². The summed E-state index contributed by atoms with van der Waals surface area (Å²) in [6, 6.07) is 1.77. The zero-order valence-electron chi connectivity index (χ0n) is 11.8. The molecule has 2 aromatic heterocycles. The summed E-state index contributed by atoms with van der Waals surface area (Å²) < 4.78 is 1.66. The Kier molecular flexibility index (Phi) is 3.30. The molecule has 1 saturated heterocycles. The number of amides is 1. The highest BCUT2D eigenvalue weighted by molar-refractivity contribution is 5.92. The summed E-state index contributed by atoms with van der Waals surface area (Å²) in [7, 11) is 1.82. The van der Waals surface area contributed by atoms with Gasteiger partial charge in [0, 0.05) is 44.1 Å². The van der Waals surface area contributed by atoms with E-state index < -0.39 is 0 Å². The van der Waals surface area contributed by atoms with E-state index in [2.05, 4.69) is 15.1 Å². The highest BCUT2D eigenvalue weighted by atomic mass is 16.2. The third-order valence-corrected chi connectivity index (χ3v) is 3.75. The van der Waals surface area contributed by atoms with Crippen LogP contribution in [0.1, 0.15) is 40.8 Å². The van der Waals surface area contributed by atoms with Gasteiger partial charge in [0.2, 0.25) is 0 Å². The van der Waals surface area contributed by atoms with Gasteiger partial charge in [0.25, 0.3) is 5.91 Å². The van der Waals surface area contributed by atoms with E-state index in [9.17, 15) is 4.79 Å². The van der Waals surface area contributed by atoms with Crippen molar-refractivity contribution in [2.45, 2.75) is 25.7 Å². The SMILES string of the molecule is Cc1cnc(C2CCCN(C(=O)c3ccn(C)n3)C2)[nH]1. The molecule has 0 saturated carbocycles. The molecular weight excluding hydrogens is 254 g/mol. The molecule has 1 amide bonds. The van der Waals surface area contributed by atoms with E-state index in [-0.39, 0.29) is 5.91 Å². The number of aromatic amines is 1. The molecule has 6 heteroatoms. The van der Waals surface area contributed by atoms with E-state index in [1.54, 1.807) is 16.9 Å². The molecule has 1 aliphatic heterocycles. The van der Waals surface area contributed by atoms with Gasteiger partial charge >= 0.3 is 0 Å². The summed E-state index contributed by atoms with van der Waals surface area (Å²) in [4.78, 5) is 22.0. The number of nitrogens with one attached hydrogen (secondary N) is 1. The molecule has 106 valence electrons. The second-order valence-corrected chi connectivity index (χ2v) is 5.42. The topological polar surface area (TPSA) is 66.8 Å². The van der Waals surface area contributed by atoms with Crippen LogP contribution in [-0.2, 0) is 7.05 Å². The Morgan fingerprint density at radius 1 is 1.50 bits per heavy atom. The molecule has 3 rings (SSSR count). The molecule has 20 heavy (non-hydrogen) atoms. The smallest absolute Gasteiger partial charge is 0.274 e. The lowest BCUT2D eigenvalue weighted by Gasteiger charge is -2.31. The van der Waals surface area contributed by atoms with Crippen molar-refractivity contribution >= 4 is 5.91 Å². The van der Waals surface area contributed by atoms with Crippen LogP contribution in [0.4, 0.5) is 0 Å². The minimum absolute atomic E-state index is 0.0126. The average molecular weight is 273 g/mol. The standard InChI is InChI=1S/C14H19N5O/c1-10-8-15-13(16-10)11-4-3-6-19(9-11)14(20)12-5-7-18(2)17-12/h5,7-8,11H,3-4,6,9H2,1-2H3,(H,15,16). The molecule has 2 aromatic rings. The first-order valence-corrected chi connectivity index (χ1v) is 6.94. The normalized spacial score (nSPS) is 19.3. The van der Waals surface area contributed by atoms with E-state index in [0.29, 0.717) is 18.2 Å². The molecule has 6 nitrogen and oxygen atoms in total. The van der Waals surface area contributed by atoms with Gasteiger partial charge < -0.3 is 9.88 Å². The number of rotatable bonds is 2. The first kappa shape index (κ1) is 12.9. The van der Waals surface area contributed by atoms with Crippen LogP contribution < -0.4 is 0 Å². The van der Waals surface area contributed by atoms with Gasteiger partial charge in [-0.2, -0.15) is 5.10 Å². The van der Waals surface area contributed by atoms with Crippen molar-refractivity contribution in [3.05, 3.63) is 35.7 Å². The lowest BCUT2D eigenvalue weighted by atomic mass is 9.97. The molecule has 3 heterocycles. The number of aromatic nitrogens is 4. The van der Waals surface area contributed by atoms with Crippen LogP contribution in [0.25, 0.3) is 0 Å². The Morgan fingerprint density at radius 3 is 3.00 bits per heavy atom. The van der Waals surface area contributed by atoms with Crippen molar-refractivity contribution in [1.82, 2.24) is 24.6 Å². The number of hydrogen-bond acceptors (Lipinski definition) is 3. The van der Waals surface area contributed by atoms with Crippen LogP contribution in [0.15, 0.2) is 18.5 Å². The van der Waals surface area contributed by atoms with Gasteiger partial charge in [-0.3, -0.25) is 9.48 Å². The fourth-order valence-corrected chi connectivity index (χ4v) is 2.72. The van der Waals surface area contributed by atoms with Crippen LogP contribution in [0, 0.1) is 6.92 Å². The summed E-state index contributed by atoms with van der Waals surface area (Å²) in [5, 5.41) is 4.19. The van der Waals surface area contributed by atoms with Gasteiger partial charge in [0.05, 0.1) is 0 Å². The maximum absolute atomic E-state index is 12.4. The zero-order valence-corrected chi connectivity index (χ0v) is 11.8. The first-order chi connectivity index (χ1) is 9.63. The number of carbonyl (C=O) groups excluding carboxylic acids is 1. The zero-order chi connectivity index (χ0) is 14.1. The van der Waals surface area contributed by atoms with E-state index in [4.69, 9.17) is 0 Å². The Hall–Kier alpha value is -2.11. The predicted octanol–water partition coefficient (Wildman–Crippen LogP) is 1.47. The van der Waals surface area contributed by atoms with Gasteiger partial charge in [-0.15, -0.1) is 0 Å². The van der Waals surface area contributed by atoms with Crippen LogP contribution in [0.3, 0.4) is 0 Å². The molecule has 1 atom stereocenters. The Balaban J connectivity index is 1.73. The lowest BCUT2D eigenvalue weighted by Crippen LogP contribution is -2.39. The maximum Gasteiger partial charge on any atom is 0.274 e. The van der Waals surface area contributed by atoms with Gasteiger partial charge in [-0.05, 0) is 25.8 Å². The lowest BCUT2D eigenvalue weighted by molar-refractivity contribution is 0.0698. The fraction of sp³-hybridized carbons (Fsp3) is 0.500. The second kappa shape index (κ2) is 5.11. The number of nitrogens with zero attached hydrogens (tertiary/aromatic N) is 4. The van der Waals surface area contributed by atoms with Gasteiger partial charge in [-0.1, -0.05) is 0 Å². The van der Waals surface area contributed by atoms with Crippen LogP contribution >= 0.6 is 0 Å². The highest BCUT2D eigenvalue weighted by Gasteiger charge is 2.27. The van der Waals surface area contributed by atoms with Crippen LogP contribution in [0.5, 0.6) is 0 Å². The molecule has 0 spiro atoms. The molecule has 1 fully saturated rings. The summed E-state index contributed by atoms with van der Waals surface area (Å²) in [5.74, 6) is 1.30. The van der Waals surface area contributed by atoms with E-state index in [1.807, 2.05) is 25.1 Å². The molecular formula is C14H19N5O. The Morgan fingerprint density at radius 2 is 2.35 bits per heavy atom. The minimum atomic E-state index is 0.0126. The molecule has 0 aliphatic carbocycles.